The van der Waals surface area contributed by atoms with E-state index in [4.69, 9.17) is 10.5 Å². The van der Waals surface area contributed by atoms with Crippen LogP contribution in [0.5, 0.6) is 5.75 Å². The zero-order chi connectivity index (χ0) is 14.2. The third kappa shape index (κ3) is 4.89. The fourth-order valence-corrected chi connectivity index (χ4v) is 2.26. The highest BCUT2D eigenvalue weighted by atomic mass is 32.1. The lowest BCUT2D eigenvalue weighted by atomic mass is 10.3. The first-order valence-electron chi connectivity index (χ1n) is 6.37. The van der Waals surface area contributed by atoms with Crippen molar-refractivity contribution in [1.29, 1.82) is 0 Å². The number of carbonyl (C=O) groups is 1. The maximum Gasteiger partial charge on any atom is 0.223 e. The van der Waals surface area contributed by atoms with Crippen molar-refractivity contribution in [3.63, 3.8) is 0 Å². The standard InChI is InChI=1S/C14H17N3O2S/c15-11-2-1-3-12(10-11)19-8-5-13(18)16-6-4-14-17-7-9-20-14/h1-3,7,9-10H,4-6,8,15H2,(H,16,18). The van der Waals surface area contributed by atoms with Gasteiger partial charge >= 0.3 is 0 Å². The number of ether oxygens (including phenoxy) is 1. The third-order valence-corrected chi connectivity index (χ3v) is 3.44. The molecule has 0 radical (unpaired) electrons. The highest BCUT2D eigenvalue weighted by Gasteiger charge is 2.03. The molecule has 1 heterocycles. The van der Waals surface area contributed by atoms with Crippen molar-refractivity contribution in [3.8, 4) is 5.75 Å². The van der Waals surface area contributed by atoms with Crippen molar-refractivity contribution >= 4 is 22.9 Å². The van der Waals surface area contributed by atoms with Gasteiger partial charge in [-0.05, 0) is 12.1 Å². The Morgan fingerprint density at radius 3 is 3.10 bits per heavy atom. The first-order valence-corrected chi connectivity index (χ1v) is 7.25. The summed E-state index contributed by atoms with van der Waals surface area (Å²) in [6, 6.07) is 7.16. The van der Waals surface area contributed by atoms with Gasteiger partial charge in [-0.2, -0.15) is 0 Å². The zero-order valence-electron chi connectivity index (χ0n) is 11.0. The van der Waals surface area contributed by atoms with Gasteiger partial charge in [0.05, 0.1) is 18.0 Å². The molecule has 1 aromatic carbocycles. The van der Waals surface area contributed by atoms with Crippen molar-refractivity contribution < 1.29 is 9.53 Å². The number of nitrogen functional groups attached to an aromatic ring is 1. The average Bonchev–Trinajstić information content (AvgIpc) is 2.92. The fraction of sp³-hybridized carbons (Fsp3) is 0.286. The maximum absolute atomic E-state index is 11.6. The number of hydrogen-bond acceptors (Lipinski definition) is 5. The summed E-state index contributed by atoms with van der Waals surface area (Å²) in [5.74, 6) is 0.658. The maximum atomic E-state index is 11.6. The van der Waals surface area contributed by atoms with Crippen LogP contribution in [0.2, 0.25) is 0 Å². The van der Waals surface area contributed by atoms with E-state index < -0.39 is 0 Å². The van der Waals surface area contributed by atoms with Crippen LogP contribution in [0, 0.1) is 0 Å². The van der Waals surface area contributed by atoms with E-state index in [-0.39, 0.29) is 5.91 Å². The molecule has 3 N–H and O–H groups in total. The number of anilines is 1. The normalized spacial score (nSPS) is 10.2. The molecular weight excluding hydrogens is 274 g/mol. The summed E-state index contributed by atoms with van der Waals surface area (Å²) in [5, 5.41) is 5.80. The number of nitrogens with zero attached hydrogens (tertiary/aromatic N) is 1. The molecule has 0 aliphatic rings. The number of benzene rings is 1. The van der Waals surface area contributed by atoms with E-state index in [1.54, 1.807) is 29.7 Å². The van der Waals surface area contributed by atoms with Gasteiger partial charge in [-0.1, -0.05) is 6.07 Å². The van der Waals surface area contributed by atoms with Crippen LogP contribution in [0.15, 0.2) is 35.8 Å². The van der Waals surface area contributed by atoms with Crippen LogP contribution < -0.4 is 15.8 Å². The predicted octanol–water partition coefficient (Wildman–Crippen LogP) is 1.85. The van der Waals surface area contributed by atoms with Crippen molar-refractivity contribution in [2.75, 3.05) is 18.9 Å². The van der Waals surface area contributed by atoms with Crippen molar-refractivity contribution in [2.24, 2.45) is 0 Å². The number of amides is 1. The number of nitrogens with one attached hydrogen (secondary N) is 1. The molecule has 0 aliphatic heterocycles. The second-order valence-electron chi connectivity index (χ2n) is 4.20. The summed E-state index contributed by atoms with van der Waals surface area (Å²) in [7, 11) is 0. The molecule has 106 valence electrons. The monoisotopic (exact) mass is 291 g/mol. The Kier molecular flexibility index (Phi) is 5.37. The first kappa shape index (κ1) is 14.3. The molecule has 0 saturated heterocycles. The lowest BCUT2D eigenvalue weighted by Crippen LogP contribution is -2.27. The van der Waals surface area contributed by atoms with Gasteiger partial charge in [0.15, 0.2) is 0 Å². The zero-order valence-corrected chi connectivity index (χ0v) is 11.9. The molecule has 5 nitrogen and oxygen atoms in total. The molecule has 0 fully saturated rings. The average molecular weight is 291 g/mol. The number of aromatic nitrogens is 1. The molecule has 1 amide bonds. The van der Waals surface area contributed by atoms with Crippen molar-refractivity contribution in [1.82, 2.24) is 10.3 Å². The Morgan fingerprint density at radius 2 is 2.35 bits per heavy atom. The number of nitrogens with two attached hydrogens (primary N) is 1. The number of hydrogen-bond donors (Lipinski definition) is 2. The van der Waals surface area contributed by atoms with Crippen LogP contribution in [-0.2, 0) is 11.2 Å². The topological polar surface area (TPSA) is 77.2 Å². The summed E-state index contributed by atoms with van der Waals surface area (Å²) in [5.41, 5.74) is 6.29. The van der Waals surface area contributed by atoms with Gasteiger partial charge in [0.25, 0.3) is 0 Å². The first-order chi connectivity index (χ1) is 9.74. The van der Waals surface area contributed by atoms with Gasteiger partial charge in [-0.15, -0.1) is 11.3 Å². The largest absolute Gasteiger partial charge is 0.493 e. The molecule has 6 heteroatoms. The van der Waals surface area contributed by atoms with Gasteiger partial charge in [-0.25, -0.2) is 4.98 Å². The van der Waals surface area contributed by atoms with Gasteiger partial charge in [0, 0.05) is 36.3 Å². The molecule has 2 rings (SSSR count). The van der Waals surface area contributed by atoms with E-state index in [0.717, 1.165) is 11.4 Å². The Hall–Kier alpha value is -2.08. The Bertz CT molecular complexity index is 543. The molecule has 1 aromatic heterocycles. The molecular formula is C14H17N3O2S. The van der Waals surface area contributed by atoms with Gasteiger partial charge < -0.3 is 15.8 Å². The van der Waals surface area contributed by atoms with E-state index >= 15 is 0 Å². The molecule has 20 heavy (non-hydrogen) atoms. The number of thiazole rings is 1. The summed E-state index contributed by atoms with van der Waals surface area (Å²) in [6.45, 7) is 0.942. The molecule has 0 atom stereocenters. The van der Waals surface area contributed by atoms with Crippen LogP contribution in [0.25, 0.3) is 0 Å². The molecule has 0 bridgehead atoms. The lowest BCUT2D eigenvalue weighted by molar-refractivity contribution is -0.121. The summed E-state index contributed by atoms with van der Waals surface area (Å²) >= 11 is 1.59. The summed E-state index contributed by atoms with van der Waals surface area (Å²) in [4.78, 5) is 15.7. The molecule has 0 saturated carbocycles. The van der Waals surface area contributed by atoms with Crippen molar-refractivity contribution in [2.45, 2.75) is 12.8 Å². The van der Waals surface area contributed by atoms with Gasteiger partial charge in [0.2, 0.25) is 5.91 Å². The second-order valence-corrected chi connectivity index (χ2v) is 5.18. The van der Waals surface area contributed by atoms with Crippen LogP contribution in [0.1, 0.15) is 11.4 Å². The minimum absolute atomic E-state index is 0.0227. The third-order valence-electron chi connectivity index (χ3n) is 2.60. The van der Waals surface area contributed by atoms with Crippen molar-refractivity contribution in [3.05, 3.63) is 40.8 Å². The molecule has 0 spiro atoms. The van der Waals surface area contributed by atoms with E-state index in [0.29, 0.717) is 31.0 Å². The quantitative estimate of drug-likeness (QED) is 0.763. The number of carbonyl (C=O) groups excluding carboxylic acids is 1. The van der Waals surface area contributed by atoms with E-state index in [2.05, 4.69) is 10.3 Å². The van der Waals surface area contributed by atoms with Gasteiger partial charge in [0.1, 0.15) is 5.75 Å². The summed E-state index contributed by atoms with van der Waals surface area (Å²) in [6.07, 6.45) is 2.85. The lowest BCUT2D eigenvalue weighted by Gasteiger charge is -2.07. The minimum Gasteiger partial charge on any atom is -0.493 e. The van der Waals surface area contributed by atoms with Crippen LogP contribution in [-0.4, -0.2) is 24.0 Å². The van der Waals surface area contributed by atoms with E-state index in [1.165, 1.54) is 0 Å². The van der Waals surface area contributed by atoms with Crippen LogP contribution in [0.3, 0.4) is 0 Å². The fourth-order valence-electron chi connectivity index (χ4n) is 1.64. The Balaban J connectivity index is 1.60. The van der Waals surface area contributed by atoms with Crippen LogP contribution >= 0.6 is 11.3 Å². The predicted molar refractivity (Wildman–Crippen MR) is 79.8 cm³/mol. The SMILES string of the molecule is Nc1cccc(OCCC(=O)NCCc2nccs2)c1. The highest BCUT2D eigenvalue weighted by Crippen LogP contribution is 2.14. The highest BCUT2D eigenvalue weighted by molar-refractivity contribution is 7.09. The molecule has 2 aromatic rings. The van der Waals surface area contributed by atoms with E-state index in [1.807, 2.05) is 17.5 Å². The molecule has 0 unspecified atom stereocenters. The minimum atomic E-state index is -0.0227. The van der Waals surface area contributed by atoms with E-state index in [9.17, 15) is 4.79 Å². The second kappa shape index (κ2) is 7.49. The number of rotatable bonds is 7. The Morgan fingerprint density at radius 1 is 1.45 bits per heavy atom. The Labute approximate surface area is 121 Å². The van der Waals surface area contributed by atoms with Gasteiger partial charge in [-0.3, -0.25) is 4.79 Å². The van der Waals surface area contributed by atoms with Crippen LogP contribution in [0.4, 0.5) is 5.69 Å². The molecule has 0 aliphatic carbocycles. The smallest absolute Gasteiger partial charge is 0.223 e. The summed E-state index contributed by atoms with van der Waals surface area (Å²) < 4.78 is 5.46.